The van der Waals surface area contributed by atoms with Gasteiger partial charge < -0.3 is 33.4 Å². The van der Waals surface area contributed by atoms with Gasteiger partial charge in [0.25, 0.3) is 0 Å². The first kappa shape index (κ1) is 51.1. The van der Waals surface area contributed by atoms with Crippen LogP contribution in [-0.2, 0) is 40.5 Å². The number of hydrogen-bond acceptors (Lipinski definition) is 14. The molecule has 7 aromatic rings. The molecule has 3 aliphatic rings. The summed E-state index contributed by atoms with van der Waals surface area (Å²) in [5.41, 5.74) is 6.31. The molecule has 2 saturated heterocycles. The van der Waals surface area contributed by atoms with Crippen molar-refractivity contribution < 1.29 is 14.0 Å². The number of aromatic nitrogens is 11. The average Bonchev–Trinajstić information content (AvgIpc) is 4.23. The Morgan fingerprint density at radius 1 is 0.764 bits per heavy atom. The molecule has 21 heteroatoms. The SMILES string of the molecule is C[Si](C)(C)CCOCn1ccc2c(-c3cnn(C(CC#N)C4CCN(c5ccc6c(n5)[S+]([O-])CC6)C4)c3)ncnc21.C[Si](C)(C)CCOCn1ccc2c(-c3cnn(C(CC#N)C4CCNC4)c3)ncnc21. The molecule has 7 aromatic heterocycles. The van der Waals surface area contributed by atoms with Gasteiger partial charge in [-0.05, 0) is 61.7 Å². The molecule has 5 atom stereocenters. The summed E-state index contributed by atoms with van der Waals surface area (Å²) in [4.78, 5) is 25.2. The number of fused-ring (bicyclic) bond motifs is 3. The van der Waals surface area contributed by atoms with Gasteiger partial charge in [0.1, 0.15) is 49.0 Å². The van der Waals surface area contributed by atoms with Crippen LogP contribution >= 0.6 is 0 Å². The minimum absolute atomic E-state index is 0.0657. The molecule has 0 radical (unpaired) electrons. The Balaban J connectivity index is 0.000000185. The second-order valence-electron chi connectivity index (χ2n) is 21.6. The number of nitrogens with one attached hydrogen (secondary N) is 1. The number of aryl methyl sites for hydroxylation is 1. The van der Waals surface area contributed by atoms with E-state index in [1.165, 1.54) is 0 Å². The van der Waals surface area contributed by atoms with Crippen molar-refractivity contribution in [2.24, 2.45) is 11.8 Å². The van der Waals surface area contributed by atoms with Crippen molar-refractivity contribution in [1.82, 2.24) is 58.9 Å². The summed E-state index contributed by atoms with van der Waals surface area (Å²) < 4.78 is 32.1. The van der Waals surface area contributed by atoms with Crippen LogP contribution in [0.1, 0.15) is 43.3 Å². The van der Waals surface area contributed by atoms with Crippen LogP contribution < -0.4 is 10.2 Å². The van der Waals surface area contributed by atoms with Gasteiger partial charge in [-0.3, -0.25) is 9.36 Å². The van der Waals surface area contributed by atoms with Gasteiger partial charge in [0.05, 0.1) is 60.8 Å². The van der Waals surface area contributed by atoms with E-state index in [2.05, 4.69) is 92.7 Å². The lowest BCUT2D eigenvalue weighted by atomic mass is 9.96. The number of ether oxygens (including phenoxy) is 2. The molecule has 0 spiro atoms. The zero-order valence-corrected chi connectivity index (χ0v) is 45.3. The lowest BCUT2D eigenvalue weighted by Gasteiger charge is -2.23. The van der Waals surface area contributed by atoms with Crippen LogP contribution in [0, 0.1) is 34.5 Å². The molecule has 378 valence electrons. The average molecular weight is 1030 g/mol. The van der Waals surface area contributed by atoms with Crippen LogP contribution in [0.5, 0.6) is 0 Å². The van der Waals surface area contributed by atoms with Gasteiger partial charge in [-0.2, -0.15) is 25.7 Å². The molecule has 1 N–H and O–H groups in total. The minimum Gasteiger partial charge on any atom is -0.610 e. The van der Waals surface area contributed by atoms with Crippen LogP contribution in [0.25, 0.3) is 44.6 Å². The van der Waals surface area contributed by atoms with Crippen LogP contribution in [0.15, 0.2) is 79.1 Å². The fourth-order valence-electron chi connectivity index (χ4n) is 9.82. The maximum Gasteiger partial charge on any atom is 0.249 e. The van der Waals surface area contributed by atoms with E-state index in [1.54, 1.807) is 12.7 Å². The van der Waals surface area contributed by atoms with Gasteiger partial charge >= 0.3 is 0 Å². The van der Waals surface area contributed by atoms with Crippen molar-refractivity contribution in [3.05, 3.63) is 79.7 Å². The topological polar surface area (TPSA) is 214 Å². The first-order chi connectivity index (χ1) is 34.8. The van der Waals surface area contributed by atoms with E-state index in [-0.39, 0.29) is 18.0 Å². The number of anilines is 1. The van der Waals surface area contributed by atoms with Crippen molar-refractivity contribution in [3.8, 4) is 34.7 Å². The second-order valence-corrected chi connectivity index (χ2v) is 34.4. The van der Waals surface area contributed by atoms with Gasteiger partial charge in [-0.1, -0.05) is 39.3 Å². The largest absolute Gasteiger partial charge is 0.610 e. The molecule has 3 aliphatic heterocycles. The molecule has 2 fully saturated rings. The van der Waals surface area contributed by atoms with Crippen molar-refractivity contribution in [2.45, 2.75) is 114 Å². The predicted octanol–water partition coefficient (Wildman–Crippen LogP) is 8.32. The Bertz CT molecular complexity index is 3030. The van der Waals surface area contributed by atoms with Gasteiger partial charge in [0.15, 0.2) is 0 Å². The molecule has 0 saturated carbocycles. The summed E-state index contributed by atoms with van der Waals surface area (Å²) in [7, 11) is -2.25. The lowest BCUT2D eigenvalue weighted by molar-refractivity contribution is 0.0898. The van der Waals surface area contributed by atoms with E-state index in [0.717, 1.165) is 132 Å². The maximum atomic E-state index is 12.3. The normalized spacial score (nSPS) is 18.8. The molecule has 72 heavy (non-hydrogen) atoms. The highest BCUT2D eigenvalue weighted by atomic mass is 32.2. The van der Waals surface area contributed by atoms with E-state index in [4.69, 9.17) is 19.6 Å². The predicted molar refractivity (Wildman–Crippen MR) is 285 cm³/mol. The van der Waals surface area contributed by atoms with E-state index >= 15 is 0 Å². The molecule has 18 nitrogen and oxygen atoms in total. The van der Waals surface area contributed by atoms with Crippen molar-refractivity contribution in [1.29, 1.82) is 10.5 Å². The Morgan fingerprint density at radius 3 is 1.86 bits per heavy atom. The van der Waals surface area contributed by atoms with E-state index < -0.39 is 27.3 Å². The molecule has 10 heterocycles. The third-order valence-electron chi connectivity index (χ3n) is 14.0. The summed E-state index contributed by atoms with van der Waals surface area (Å²) >= 11 is -1.00. The highest BCUT2D eigenvalue weighted by Gasteiger charge is 2.34. The summed E-state index contributed by atoms with van der Waals surface area (Å²) in [6.07, 6.45) is 18.5. The zero-order chi connectivity index (χ0) is 50.4. The van der Waals surface area contributed by atoms with Crippen LogP contribution in [0.3, 0.4) is 0 Å². The fraction of sp³-hybridized carbons (Fsp3) is 0.510. The Hall–Kier alpha value is -5.79. The number of pyridine rings is 1. The number of hydrogen-bond donors (Lipinski definition) is 1. The molecule has 0 amide bonds. The van der Waals surface area contributed by atoms with Gasteiger partial charge in [-0.25, -0.2) is 19.9 Å². The molecule has 0 bridgehead atoms. The fourth-order valence-corrected chi connectivity index (χ4v) is 12.6. The third kappa shape index (κ3) is 12.0. The summed E-state index contributed by atoms with van der Waals surface area (Å²) in [5.74, 6) is 2.20. The van der Waals surface area contributed by atoms with E-state index in [0.29, 0.717) is 38.0 Å². The van der Waals surface area contributed by atoms with Gasteiger partial charge in [0, 0.05) is 125 Å². The van der Waals surface area contributed by atoms with Gasteiger partial charge in [-0.15, -0.1) is 0 Å². The van der Waals surface area contributed by atoms with E-state index in [9.17, 15) is 15.1 Å². The molecule has 0 aromatic carbocycles. The van der Waals surface area contributed by atoms with Crippen molar-refractivity contribution >= 4 is 55.2 Å². The maximum absolute atomic E-state index is 12.3. The molecule has 0 aliphatic carbocycles. The Kier molecular flexibility index (Phi) is 16.0. The quantitative estimate of drug-likeness (QED) is 0.0458. The molecule has 10 rings (SSSR count). The van der Waals surface area contributed by atoms with Crippen LogP contribution in [0.2, 0.25) is 51.4 Å². The highest BCUT2D eigenvalue weighted by molar-refractivity contribution is 7.91. The smallest absolute Gasteiger partial charge is 0.249 e. The Morgan fingerprint density at radius 2 is 1.33 bits per heavy atom. The zero-order valence-electron chi connectivity index (χ0n) is 42.4. The summed E-state index contributed by atoms with van der Waals surface area (Å²) in [6.45, 7) is 20.1. The lowest BCUT2D eigenvalue weighted by Crippen LogP contribution is -2.25. The van der Waals surface area contributed by atoms with Crippen LogP contribution in [-0.4, -0.2) is 119 Å². The van der Waals surface area contributed by atoms with Gasteiger partial charge in [0.2, 0.25) is 5.03 Å². The monoisotopic (exact) mass is 1030 g/mol. The van der Waals surface area contributed by atoms with Crippen molar-refractivity contribution in [2.75, 3.05) is 50.0 Å². The molecule has 5 unspecified atom stereocenters. The second kappa shape index (κ2) is 22.5. The summed E-state index contributed by atoms with van der Waals surface area (Å²) in [5, 5.41) is 34.4. The van der Waals surface area contributed by atoms with Crippen LogP contribution in [0.4, 0.5) is 5.82 Å². The van der Waals surface area contributed by atoms with Crippen molar-refractivity contribution in [3.63, 3.8) is 0 Å². The summed E-state index contributed by atoms with van der Waals surface area (Å²) in [6, 6.07) is 15.2. The number of rotatable bonds is 19. The molecular weight excluding hydrogens is 959 g/mol. The first-order valence-electron chi connectivity index (χ1n) is 25.2. The standard InChI is InChI=1S/C29H36N8O2SSi.C22H31N7OSi/c1-41(2,3)15-13-39-20-36-12-8-24-27(31-19-32-28(24)36)23-16-33-37(18-23)25(6-10-30)22-7-11-35(17-22)26-5-4-21-9-14-40(38)29(21)34-26;1-31(2,3)11-10-30-16-28-9-6-19-21(25-15-26-22(19)28)18-13-27-29(14-18)20(4-7-23)17-5-8-24-12-17/h4-5,8,12,16,18-19,22,25H,6-7,9,11,13-15,17,20H2,1-3H3;6,9,13-15,17,20,24H,4-5,8,10-12,16H2,1-3H3. The number of nitrogens with zero attached hydrogens (tertiary/aromatic N) is 14. The Labute approximate surface area is 427 Å². The number of nitriles is 2. The highest BCUT2D eigenvalue weighted by Crippen LogP contribution is 2.36. The molecular formula is C51H67N15O3SSi2. The third-order valence-corrected chi connectivity index (χ3v) is 18.8. The minimum atomic E-state index is -1.14. The van der Waals surface area contributed by atoms with E-state index in [1.807, 2.05) is 73.9 Å². The first-order valence-corrected chi connectivity index (χ1v) is 33.9.